The molecule has 1 aromatic rings. The highest BCUT2D eigenvalue weighted by Crippen LogP contribution is 2.14. The Balaban J connectivity index is -0.000000417. The number of hydrogen-bond acceptors (Lipinski definition) is 6. The zero-order valence-electron chi connectivity index (χ0n) is 25.0. The number of aromatic nitrogens is 3. The van der Waals surface area contributed by atoms with E-state index in [1.165, 1.54) is 0 Å². The van der Waals surface area contributed by atoms with Crippen molar-refractivity contribution in [1.29, 1.82) is 0 Å². The van der Waals surface area contributed by atoms with Crippen LogP contribution in [0.15, 0.2) is 6.20 Å². The quantitative estimate of drug-likeness (QED) is 0.344. The van der Waals surface area contributed by atoms with Gasteiger partial charge in [-0.25, -0.2) is 4.68 Å². The number of rotatable bonds is 13. The van der Waals surface area contributed by atoms with Gasteiger partial charge in [-0.2, -0.15) is 0 Å². The van der Waals surface area contributed by atoms with Gasteiger partial charge in [0.05, 0.1) is 24.9 Å². The number of Topliss-reactive ketones (excluding diaryl/α,β-unsaturated/α-hetero) is 1. The molecule has 0 radical (unpaired) electrons. The largest absolute Gasteiger partial charge is 0.396 e. The highest BCUT2D eigenvalue weighted by Gasteiger charge is 2.20. The van der Waals surface area contributed by atoms with Gasteiger partial charge in [-0.15, -0.1) is 5.10 Å². The van der Waals surface area contributed by atoms with Crippen LogP contribution in [0.3, 0.4) is 0 Å². The molecule has 0 aliphatic heterocycles. The summed E-state index contributed by atoms with van der Waals surface area (Å²) < 4.78 is 7.66. The van der Waals surface area contributed by atoms with Gasteiger partial charge in [0.25, 0.3) is 0 Å². The normalized spacial score (nSPS) is 9.77. The predicted octanol–water partition coefficient (Wildman–Crippen LogP) is 5.96. The minimum atomic E-state index is -0.330. The summed E-state index contributed by atoms with van der Waals surface area (Å²) in [6.45, 7) is 26.1. The molecule has 210 valence electrons. The van der Waals surface area contributed by atoms with E-state index < -0.39 is 0 Å². The number of carbonyl (C=O) groups excluding carboxylic acids is 2. The van der Waals surface area contributed by atoms with Gasteiger partial charge in [0.2, 0.25) is 5.91 Å². The lowest BCUT2D eigenvalue weighted by Crippen LogP contribution is -2.31. The number of amides is 1. The second kappa shape index (κ2) is 28.4. The molecule has 2 N–H and O–H groups in total. The minimum absolute atomic E-state index is 0.0980. The lowest BCUT2D eigenvalue weighted by molar-refractivity contribution is -0.125. The summed E-state index contributed by atoms with van der Waals surface area (Å²) in [5.41, 5.74) is 0.358. The molecule has 8 heteroatoms. The van der Waals surface area contributed by atoms with E-state index in [1.54, 1.807) is 11.6 Å². The van der Waals surface area contributed by atoms with E-state index >= 15 is 0 Å². The molecule has 0 saturated carbocycles. The predicted molar refractivity (Wildman–Crippen MR) is 147 cm³/mol. The molecule has 1 rings (SSSR count). The molecule has 1 amide bonds. The first kappa shape index (κ1) is 40.4. The Morgan fingerprint density at radius 3 is 2.09 bits per heavy atom. The zero-order chi connectivity index (χ0) is 28.3. The molecule has 1 aromatic heterocycles. The summed E-state index contributed by atoms with van der Waals surface area (Å²) in [6.07, 6.45) is 4.69. The van der Waals surface area contributed by atoms with Crippen LogP contribution in [0, 0.1) is 5.92 Å². The number of aliphatic hydroxyl groups is 1. The average Bonchev–Trinajstić information content (AvgIpc) is 3.31. The van der Waals surface area contributed by atoms with Crippen LogP contribution in [-0.4, -0.2) is 50.6 Å². The third-order valence-corrected chi connectivity index (χ3v) is 4.03. The van der Waals surface area contributed by atoms with E-state index in [1.807, 2.05) is 68.5 Å². The Bertz CT molecular complexity index is 585. The summed E-state index contributed by atoms with van der Waals surface area (Å²) in [5.74, 6) is 0.569. The second-order valence-corrected chi connectivity index (χ2v) is 8.09. The second-order valence-electron chi connectivity index (χ2n) is 8.09. The number of hydrogen-bond donors (Lipinski definition) is 2. The van der Waals surface area contributed by atoms with E-state index in [0.29, 0.717) is 37.7 Å². The number of carbonyl (C=O) groups is 2. The van der Waals surface area contributed by atoms with Crippen molar-refractivity contribution in [1.82, 2.24) is 20.3 Å². The minimum Gasteiger partial charge on any atom is -0.396 e. The Kier molecular flexibility index (Phi) is 32.8. The fourth-order valence-electron chi connectivity index (χ4n) is 2.21. The van der Waals surface area contributed by atoms with E-state index in [2.05, 4.69) is 29.5 Å². The van der Waals surface area contributed by atoms with E-state index in [4.69, 9.17) is 9.84 Å². The molecule has 0 unspecified atom stereocenters. The number of aliphatic hydroxyl groups excluding tert-OH is 1. The third-order valence-electron chi connectivity index (χ3n) is 4.03. The van der Waals surface area contributed by atoms with Gasteiger partial charge in [0, 0.05) is 32.5 Å². The number of nitrogens with zero attached hydrogens (tertiary/aromatic N) is 3. The van der Waals surface area contributed by atoms with Crippen LogP contribution in [0.1, 0.15) is 121 Å². The molecule has 0 spiro atoms. The van der Waals surface area contributed by atoms with Crippen molar-refractivity contribution in [2.75, 3.05) is 13.2 Å². The first-order valence-electron chi connectivity index (χ1n) is 13.6. The molecule has 1 heterocycles. The van der Waals surface area contributed by atoms with Crippen LogP contribution < -0.4 is 5.32 Å². The number of nitrogens with one attached hydrogen (secondary N) is 1. The summed E-state index contributed by atoms with van der Waals surface area (Å²) in [6, 6.07) is 0. The third kappa shape index (κ3) is 28.3. The first-order valence-corrected chi connectivity index (χ1v) is 13.6. The highest BCUT2D eigenvalue weighted by atomic mass is 16.5. The van der Waals surface area contributed by atoms with Crippen molar-refractivity contribution in [3.8, 4) is 0 Å². The van der Waals surface area contributed by atoms with Crippen LogP contribution in [0.5, 0.6) is 0 Å². The zero-order valence-corrected chi connectivity index (χ0v) is 25.0. The van der Waals surface area contributed by atoms with Gasteiger partial charge >= 0.3 is 0 Å². The Morgan fingerprint density at radius 1 is 1.09 bits per heavy atom. The first-order chi connectivity index (χ1) is 16.6. The standard InChI is InChI=1S/C18H32N4O3.C3H8O.3C2H6/c1-6-16(23)7-8-17(24)19-11-15-12-22(21-20-15)13-18(4,5)25-10-9-14(2)3;1-2-3-4;3*1-2/h12,14H,6-11,13H2,1-5H3,(H,19,24);4H,2-3H2,1H3;3*1-2H3. The Hall–Kier alpha value is -1.80. The van der Waals surface area contributed by atoms with E-state index in [0.717, 1.165) is 19.4 Å². The van der Waals surface area contributed by atoms with Crippen molar-refractivity contribution in [3.63, 3.8) is 0 Å². The average molecular weight is 503 g/mol. The summed E-state index contributed by atoms with van der Waals surface area (Å²) >= 11 is 0. The van der Waals surface area contributed by atoms with Crippen LogP contribution in [0.25, 0.3) is 0 Å². The lowest BCUT2D eigenvalue weighted by Gasteiger charge is -2.25. The maximum absolute atomic E-state index is 11.7. The van der Waals surface area contributed by atoms with Crippen molar-refractivity contribution >= 4 is 11.7 Å². The Labute approximate surface area is 216 Å². The monoisotopic (exact) mass is 502 g/mol. The van der Waals surface area contributed by atoms with Crippen molar-refractivity contribution in [2.24, 2.45) is 5.92 Å². The van der Waals surface area contributed by atoms with Crippen LogP contribution >= 0.6 is 0 Å². The molecule has 35 heavy (non-hydrogen) atoms. The molecular formula is C27H58N4O4. The Morgan fingerprint density at radius 2 is 1.63 bits per heavy atom. The SMILES string of the molecule is CC.CC.CC.CCC(=O)CCC(=O)NCc1cn(CC(C)(C)OCCC(C)C)nn1.CCCO. The molecule has 0 bridgehead atoms. The molecule has 8 nitrogen and oxygen atoms in total. The topological polar surface area (TPSA) is 106 Å². The van der Waals surface area contributed by atoms with Gasteiger partial charge in [-0.3, -0.25) is 9.59 Å². The van der Waals surface area contributed by atoms with Gasteiger partial charge in [-0.05, 0) is 32.6 Å². The van der Waals surface area contributed by atoms with Crippen molar-refractivity contribution in [2.45, 2.75) is 134 Å². The van der Waals surface area contributed by atoms with Gasteiger partial charge in [-0.1, -0.05) is 74.5 Å². The molecule has 0 fully saturated rings. The van der Waals surface area contributed by atoms with E-state index in [-0.39, 0.29) is 30.1 Å². The molecule has 0 aromatic carbocycles. The maximum Gasteiger partial charge on any atom is 0.220 e. The summed E-state index contributed by atoms with van der Waals surface area (Å²) in [7, 11) is 0. The van der Waals surface area contributed by atoms with Gasteiger partial charge in [0.15, 0.2) is 0 Å². The fourth-order valence-corrected chi connectivity index (χ4v) is 2.21. The van der Waals surface area contributed by atoms with E-state index in [9.17, 15) is 9.59 Å². The molecule has 0 saturated heterocycles. The number of ether oxygens (including phenoxy) is 1. The maximum atomic E-state index is 11.7. The lowest BCUT2D eigenvalue weighted by atomic mass is 10.1. The molecular weight excluding hydrogens is 444 g/mol. The van der Waals surface area contributed by atoms with Crippen molar-refractivity contribution in [3.05, 3.63) is 11.9 Å². The van der Waals surface area contributed by atoms with Crippen LogP contribution in [-0.2, 0) is 27.4 Å². The molecule has 0 aliphatic carbocycles. The fraction of sp³-hybridized carbons (Fsp3) is 0.852. The summed E-state index contributed by atoms with van der Waals surface area (Å²) in [4.78, 5) is 22.9. The molecule has 0 atom stereocenters. The highest BCUT2D eigenvalue weighted by molar-refractivity contribution is 5.84. The molecule has 0 aliphatic rings. The van der Waals surface area contributed by atoms with Crippen LogP contribution in [0.4, 0.5) is 0 Å². The summed E-state index contributed by atoms with van der Waals surface area (Å²) in [5, 5.41) is 18.8. The van der Waals surface area contributed by atoms with Crippen LogP contribution in [0.2, 0.25) is 0 Å². The van der Waals surface area contributed by atoms with Gasteiger partial charge in [0.1, 0.15) is 11.5 Å². The number of ketones is 1. The van der Waals surface area contributed by atoms with Gasteiger partial charge < -0.3 is 15.2 Å². The smallest absolute Gasteiger partial charge is 0.220 e. The van der Waals surface area contributed by atoms with Crippen molar-refractivity contribution < 1.29 is 19.4 Å².